The molecule has 0 aliphatic heterocycles. The predicted octanol–water partition coefficient (Wildman–Crippen LogP) is 3.35. The zero-order valence-corrected chi connectivity index (χ0v) is 20.5. The largest absolute Gasteiger partial charge is 0.378 e. The third-order valence-electron chi connectivity index (χ3n) is 3.77. The Kier molecular flexibility index (Phi) is 10.2. The normalized spacial score (nSPS) is 8.72. The highest BCUT2D eigenvalue weighted by atomic mass is 16.3. The molecule has 2 N–H and O–H groups in total. The highest BCUT2D eigenvalue weighted by molar-refractivity contribution is 5.50. The molecule has 170 valence electrons. The minimum Gasteiger partial charge on any atom is -0.378 e. The van der Waals surface area contributed by atoms with E-state index in [-0.39, 0.29) is 0 Å². The van der Waals surface area contributed by atoms with E-state index in [1.807, 2.05) is 48.5 Å². The van der Waals surface area contributed by atoms with Gasteiger partial charge in [-0.2, -0.15) is 0 Å². The summed E-state index contributed by atoms with van der Waals surface area (Å²) >= 11 is 0. The van der Waals surface area contributed by atoms with Gasteiger partial charge >= 0.3 is 0 Å². The smallest absolute Gasteiger partial charge is 0.120 e. The van der Waals surface area contributed by atoms with Crippen LogP contribution in [0, 0.1) is 94.7 Å². The van der Waals surface area contributed by atoms with Gasteiger partial charge in [-0.15, -0.1) is 0 Å². The van der Waals surface area contributed by atoms with Crippen molar-refractivity contribution < 1.29 is 10.2 Å². The van der Waals surface area contributed by atoms with Gasteiger partial charge < -0.3 is 10.2 Å². The van der Waals surface area contributed by atoms with Crippen molar-refractivity contribution in [1.29, 1.82) is 0 Å². The van der Waals surface area contributed by atoms with Crippen LogP contribution >= 0.6 is 0 Å². The zero-order chi connectivity index (χ0) is 26.3. The fourth-order valence-corrected chi connectivity index (χ4v) is 2.18. The second-order valence-corrected chi connectivity index (χ2v) is 8.27. The summed E-state index contributed by atoms with van der Waals surface area (Å²) in [5.41, 5.74) is 1.16. The molecule has 0 spiro atoms. The van der Waals surface area contributed by atoms with Gasteiger partial charge in [0.15, 0.2) is 0 Å². The van der Waals surface area contributed by atoms with E-state index in [0.29, 0.717) is 0 Å². The van der Waals surface area contributed by atoms with Crippen LogP contribution in [0.1, 0.15) is 49.9 Å². The van der Waals surface area contributed by atoms with Gasteiger partial charge in [-0.3, -0.25) is 0 Å². The summed E-state index contributed by atoms with van der Waals surface area (Å²) in [5, 5.41) is 18.9. The Bertz CT molecular complexity index is 1470. The molecule has 0 bridgehead atoms. The second kappa shape index (κ2) is 13.5. The maximum atomic E-state index is 9.47. The zero-order valence-electron chi connectivity index (χ0n) is 20.5. The molecule has 0 aliphatic rings. The van der Waals surface area contributed by atoms with E-state index in [4.69, 9.17) is 0 Å². The van der Waals surface area contributed by atoms with E-state index in [2.05, 4.69) is 94.7 Å². The number of benzene rings is 2. The molecule has 36 heavy (non-hydrogen) atoms. The maximum absolute atomic E-state index is 9.47. The lowest BCUT2D eigenvalue weighted by Gasteiger charge is -2.04. The molecule has 0 fully saturated rings. The van der Waals surface area contributed by atoms with Gasteiger partial charge in [-0.25, -0.2) is 0 Å². The standard InChI is InChI=1S/C34H22O2/c1-33(2,35)27-13-7-5-9-15-29-19-23-31(24-20-29)17-11-12-18-32-25-21-30(22-26-32)16-10-6-8-14-28-34(3,4)36/h19-26,35-36H,1-4H3. The van der Waals surface area contributed by atoms with Crippen molar-refractivity contribution in [3.8, 4) is 94.7 Å². The topological polar surface area (TPSA) is 40.5 Å². The highest BCUT2D eigenvalue weighted by Gasteiger charge is 2.05. The van der Waals surface area contributed by atoms with Crippen LogP contribution in [-0.2, 0) is 0 Å². The van der Waals surface area contributed by atoms with Gasteiger partial charge in [-0.1, -0.05) is 35.5 Å². The third-order valence-corrected chi connectivity index (χ3v) is 3.77. The summed E-state index contributed by atoms with van der Waals surface area (Å²) in [4.78, 5) is 0. The number of hydrogen-bond acceptors (Lipinski definition) is 2. The van der Waals surface area contributed by atoms with E-state index >= 15 is 0 Å². The van der Waals surface area contributed by atoms with E-state index in [1.54, 1.807) is 27.7 Å². The van der Waals surface area contributed by atoms with Gasteiger partial charge in [0.2, 0.25) is 0 Å². The monoisotopic (exact) mass is 462 g/mol. The first-order valence-electron chi connectivity index (χ1n) is 10.8. The number of aliphatic hydroxyl groups is 2. The van der Waals surface area contributed by atoms with Crippen LogP contribution in [0.4, 0.5) is 0 Å². The first-order chi connectivity index (χ1) is 17.1. The molecule has 2 rings (SSSR count). The Hall–Kier alpha value is -5.16. The summed E-state index contributed by atoms with van der Waals surface area (Å²) in [6.45, 7) is 6.37. The summed E-state index contributed by atoms with van der Waals surface area (Å²) in [7, 11) is 0. The molecule has 0 aromatic heterocycles. The molecule has 0 unspecified atom stereocenters. The summed E-state index contributed by atoms with van der Waals surface area (Å²) in [6.07, 6.45) is 0. The first-order valence-corrected chi connectivity index (χ1v) is 10.8. The van der Waals surface area contributed by atoms with E-state index in [0.717, 1.165) is 22.3 Å². The molecule has 2 nitrogen and oxygen atoms in total. The quantitative estimate of drug-likeness (QED) is 0.590. The Labute approximate surface area is 214 Å². The predicted molar refractivity (Wildman–Crippen MR) is 144 cm³/mol. The average molecular weight is 463 g/mol. The van der Waals surface area contributed by atoms with Gasteiger partial charge in [-0.05, 0) is 135 Å². The average Bonchev–Trinajstić information content (AvgIpc) is 2.81. The molecular weight excluding hydrogens is 440 g/mol. The van der Waals surface area contributed by atoms with Crippen LogP contribution in [0.15, 0.2) is 48.5 Å². The van der Waals surface area contributed by atoms with Crippen LogP contribution in [0.2, 0.25) is 0 Å². The Morgan fingerprint density at radius 2 is 0.611 bits per heavy atom. The van der Waals surface area contributed by atoms with Gasteiger partial charge in [0.05, 0.1) is 0 Å². The minimum atomic E-state index is -1.06. The summed E-state index contributed by atoms with van der Waals surface area (Å²) < 4.78 is 0. The molecule has 0 heterocycles. The van der Waals surface area contributed by atoms with E-state index in [1.165, 1.54) is 0 Å². The molecule has 0 saturated heterocycles. The van der Waals surface area contributed by atoms with Gasteiger partial charge in [0.1, 0.15) is 11.2 Å². The molecule has 0 radical (unpaired) electrons. The van der Waals surface area contributed by atoms with Crippen molar-refractivity contribution in [1.82, 2.24) is 0 Å². The van der Waals surface area contributed by atoms with Crippen LogP contribution in [-0.4, -0.2) is 21.4 Å². The molecule has 0 atom stereocenters. The fourth-order valence-electron chi connectivity index (χ4n) is 2.18. The summed E-state index contributed by atoms with van der Waals surface area (Å²) in [5.74, 6) is 43.8. The molecule has 2 aromatic carbocycles. The molecule has 2 heteroatoms. The number of hydrogen-bond donors (Lipinski definition) is 2. The van der Waals surface area contributed by atoms with Crippen LogP contribution in [0.25, 0.3) is 0 Å². The van der Waals surface area contributed by atoms with E-state index in [9.17, 15) is 10.2 Å². The second-order valence-electron chi connectivity index (χ2n) is 8.27. The van der Waals surface area contributed by atoms with Crippen LogP contribution < -0.4 is 0 Å². The lowest BCUT2D eigenvalue weighted by Crippen LogP contribution is -2.14. The van der Waals surface area contributed by atoms with Crippen molar-refractivity contribution in [2.24, 2.45) is 0 Å². The van der Waals surface area contributed by atoms with Crippen molar-refractivity contribution >= 4 is 0 Å². The maximum Gasteiger partial charge on any atom is 0.120 e. The van der Waals surface area contributed by atoms with Crippen molar-refractivity contribution in [3.63, 3.8) is 0 Å². The highest BCUT2D eigenvalue weighted by Crippen LogP contribution is 2.03. The van der Waals surface area contributed by atoms with E-state index < -0.39 is 11.2 Å². The molecule has 0 amide bonds. The van der Waals surface area contributed by atoms with Crippen molar-refractivity contribution in [2.45, 2.75) is 38.9 Å². The van der Waals surface area contributed by atoms with Gasteiger partial charge in [0.25, 0.3) is 0 Å². The first kappa shape index (κ1) is 27.1. The Morgan fingerprint density at radius 1 is 0.389 bits per heavy atom. The Morgan fingerprint density at radius 3 is 0.861 bits per heavy atom. The Balaban J connectivity index is 1.93. The fraction of sp³-hybridized carbons (Fsp3) is 0.176. The molecular formula is C34H22O2. The number of rotatable bonds is 0. The van der Waals surface area contributed by atoms with Crippen LogP contribution in [0.5, 0.6) is 0 Å². The molecule has 0 saturated carbocycles. The van der Waals surface area contributed by atoms with Crippen molar-refractivity contribution in [2.75, 3.05) is 0 Å². The lowest BCUT2D eigenvalue weighted by molar-refractivity contribution is 0.143. The lowest BCUT2D eigenvalue weighted by atomic mass is 10.1. The molecule has 0 aliphatic carbocycles. The summed E-state index contributed by atoms with van der Waals surface area (Å²) in [6, 6.07) is 14.9. The third kappa shape index (κ3) is 12.8. The minimum absolute atomic E-state index is 0.813. The van der Waals surface area contributed by atoms with Crippen LogP contribution in [0.3, 0.4) is 0 Å². The molecule has 2 aromatic rings. The van der Waals surface area contributed by atoms with Gasteiger partial charge in [0, 0.05) is 22.3 Å². The van der Waals surface area contributed by atoms with Crippen molar-refractivity contribution in [3.05, 3.63) is 70.8 Å². The SMILES string of the molecule is CC(C)(O)C#CC#CC#Cc1ccc(C#CC#Cc2ccc(C#CC#CC#CC(C)(C)O)cc2)cc1.